The summed E-state index contributed by atoms with van der Waals surface area (Å²) in [6, 6.07) is 9.73. The number of anilines is 1. The first kappa shape index (κ1) is 21.2. The van der Waals surface area contributed by atoms with Gasteiger partial charge in [-0.05, 0) is 48.7 Å². The molecule has 2 aliphatic rings. The van der Waals surface area contributed by atoms with Crippen LogP contribution in [-0.4, -0.2) is 46.0 Å². The van der Waals surface area contributed by atoms with Crippen LogP contribution in [0.2, 0.25) is 0 Å². The van der Waals surface area contributed by atoms with Crippen molar-refractivity contribution < 1.29 is 38.9 Å². The Kier molecular flexibility index (Phi) is 5.43. The molecule has 0 aromatic heterocycles. The lowest BCUT2D eigenvalue weighted by molar-refractivity contribution is -0.169. The number of carboxylic acids is 2. The van der Waals surface area contributed by atoms with E-state index >= 15 is 0 Å². The van der Waals surface area contributed by atoms with Crippen LogP contribution in [0, 0.1) is 0 Å². The lowest BCUT2D eigenvalue weighted by atomic mass is 9.91. The highest BCUT2D eigenvalue weighted by atomic mass is 16.7. The number of esters is 1. The first-order chi connectivity index (χ1) is 15.3. The Morgan fingerprint density at radius 2 is 1.97 bits per heavy atom. The number of carbonyl (C=O) groups excluding carboxylic acids is 1. The first-order valence-electron chi connectivity index (χ1n) is 9.86. The van der Waals surface area contributed by atoms with E-state index in [2.05, 4.69) is 5.16 Å². The number of para-hydroxylation sites is 1. The molecule has 10 nitrogen and oxygen atoms in total. The lowest BCUT2D eigenvalue weighted by Crippen LogP contribution is -2.41. The van der Waals surface area contributed by atoms with Gasteiger partial charge < -0.3 is 30.3 Å². The van der Waals surface area contributed by atoms with Gasteiger partial charge in [0.25, 0.3) is 0 Å². The zero-order valence-electron chi connectivity index (χ0n) is 16.9. The Morgan fingerprint density at radius 1 is 1.16 bits per heavy atom. The van der Waals surface area contributed by atoms with Crippen molar-refractivity contribution in [3.8, 4) is 11.5 Å². The summed E-state index contributed by atoms with van der Waals surface area (Å²) in [7, 11) is 0. The normalized spacial score (nSPS) is 20.0. The van der Waals surface area contributed by atoms with Crippen LogP contribution in [0.15, 0.2) is 41.6 Å². The monoisotopic (exact) mass is 440 g/mol. The summed E-state index contributed by atoms with van der Waals surface area (Å²) in [5.41, 5.74) is 6.06. The molecule has 2 aromatic rings. The van der Waals surface area contributed by atoms with Crippen molar-refractivity contribution in [1.29, 1.82) is 0 Å². The number of rotatable bonds is 4. The molecule has 0 saturated carbocycles. The standard InChI is InChI=1S/C22H20N2O8/c23-13-6-7-14-12(9-13)3-2-8-30-19-15(4-1-5-17(19)31-20(14)27)16-10-22(21(28)29,32-24-16)11-18(25)26/h1,4-7,9H,2-3,8,10-11,23H2,(H,25,26)(H,28,29). The van der Waals surface area contributed by atoms with Crippen molar-refractivity contribution in [2.24, 2.45) is 5.16 Å². The average Bonchev–Trinajstić information content (AvgIpc) is 3.16. The van der Waals surface area contributed by atoms with Gasteiger partial charge in [-0.25, -0.2) is 9.59 Å². The van der Waals surface area contributed by atoms with Crippen LogP contribution < -0.4 is 15.2 Å². The van der Waals surface area contributed by atoms with Crippen molar-refractivity contribution in [1.82, 2.24) is 0 Å². The molecular weight excluding hydrogens is 420 g/mol. The van der Waals surface area contributed by atoms with Crippen molar-refractivity contribution in [2.45, 2.75) is 31.3 Å². The molecule has 4 rings (SSSR count). The molecular formula is C22H20N2O8. The van der Waals surface area contributed by atoms with E-state index in [0.717, 1.165) is 5.56 Å². The van der Waals surface area contributed by atoms with Crippen LogP contribution in [0.3, 0.4) is 0 Å². The minimum atomic E-state index is -2.02. The number of nitrogen functional groups attached to an aromatic ring is 1. The third-order valence-electron chi connectivity index (χ3n) is 5.29. The maximum Gasteiger partial charge on any atom is 0.351 e. The summed E-state index contributed by atoms with van der Waals surface area (Å²) in [6.07, 6.45) is 0.0704. The number of hydrogen-bond donors (Lipinski definition) is 3. The molecule has 32 heavy (non-hydrogen) atoms. The van der Waals surface area contributed by atoms with Gasteiger partial charge in [0.1, 0.15) is 0 Å². The Morgan fingerprint density at radius 3 is 2.72 bits per heavy atom. The molecule has 2 aromatic carbocycles. The maximum atomic E-state index is 12.8. The highest BCUT2D eigenvalue weighted by Crippen LogP contribution is 2.38. The van der Waals surface area contributed by atoms with E-state index in [1.54, 1.807) is 36.4 Å². The van der Waals surface area contributed by atoms with Crippen molar-refractivity contribution in [2.75, 3.05) is 12.3 Å². The molecule has 4 N–H and O–H groups in total. The molecule has 0 fully saturated rings. The molecule has 166 valence electrons. The van der Waals surface area contributed by atoms with Crippen LogP contribution in [0.1, 0.15) is 40.7 Å². The topological polar surface area (TPSA) is 158 Å². The van der Waals surface area contributed by atoms with Gasteiger partial charge in [0, 0.05) is 17.7 Å². The Bertz CT molecular complexity index is 1140. The van der Waals surface area contributed by atoms with Crippen molar-refractivity contribution in [3.05, 3.63) is 53.1 Å². The van der Waals surface area contributed by atoms with Gasteiger partial charge in [0.2, 0.25) is 5.60 Å². The smallest absolute Gasteiger partial charge is 0.351 e. The minimum absolute atomic E-state index is 0.130. The van der Waals surface area contributed by atoms with Gasteiger partial charge in [-0.3, -0.25) is 4.79 Å². The molecule has 1 atom stereocenters. The van der Waals surface area contributed by atoms with Crippen molar-refractivity contribution in [3.63, 3.8) is 0 Å². The fourth-order valence-electron chi connectivity index (χ4n) is 3.73. The van der Waals surface area contributed by atoms with Gasteiger partial charge in [-0.1, -0.05) is 11.2 Å². The van der Waals surface area contributed by atoms with E-state index in [4.69, 9.17) is 25.2 Å². The highest BCUT2D eigenvalue weighted by molar-refractivity contribution is 6.07. The summed E-state index contributed by atoms with van der Waals surface area (Å²) in [5.74, 6) is -3.01. The number of ether oxygens (including phenoxy) is 2. The van der Waals surface area contributed by atoms with Crippen molar-refractivity contribution >= 4 is 29.3 Å². The van der Waals surface area contributed by atoms with Gasteiger partial charge in [-0.2, -0.15) is 0 Å². The molecule has 0 bridgehead atoms. The summed E-state index contributed by atoms with van der Waals surface area (Å²) >= 11 is 0. The highest BCUT2D eigenvalue weighted by Gasteiger charge is 2.49. The molecule has 1 unspecified atom stereocenters. The number of hydrogen-bond acceptors (Lipinski definition) is 8. The number of nitrogens with zero attached hydrogens (tertiary/aromatic N) is 1. The molecule has 0 aliphatic carbocycles. The number of benzene rings is 2. The van der Waals surface area contributed by atoms with E-state index in [1.165, 1.54) is 0 Å². The zero-order valence-corrected chi connectivity index (χ0v) is 16.9. The molecule has 0 radical (unpaired) electrons. The summed E-state index contributed by atoms with van der Waals surface area (Å²) in [5, 5.41) is 22.5. The van der Waals surface area contributed by atoms with Crippen LogP contribution >= 0.6 is 0 Å². The number of carbonyl (C=O) groups is 3. The summed E-state index contributed by atoms with van der Waals surface area (Å²) in [4.78, 5) is 40.8. The molecule has 0 saturated heterocycles. The Labute approximate surface area is 182 Å². The third-order valence-corrected chi connectivity index (χ3v) is 5.29. The predicted molar refractivity (Wildman–Crippen MR) is 111 cm³/mol. The van der Waals surface area contributed by atoms with Crippen LogP contribution in [0.25, 0.3) is 0 Å². The number of carboxylic acid groups (broad SMARTS) is 2. The number of oxime groups is 1. The largest absolute Gasteiger partial charge is 0.489 e. The first-order valence-corrected chi connectivity index (χ1v) is 9.86. The molecule has 2 heterocycles. The summed E-state index contributed by atoms with van der Waals surface area (Å²) in [6.45, 7) is 0.281. The second kappa shape index (κ2) is 8.22. The molecule has 0 amide bonds. The van der Waals surface area contributed by atoms with E-state index < -0.39 is 29.9 Å². The Hall–Kier alpha value is -4.08. The summed E-state index contributed by atoms with van der Waals surface area (Å²) < 4.78 is 11.5. The van der Waals surface area contributed by atoms with Gasteiger partial charge in [0.05, 0.1) is 24.3 Å². The zero-order chi connectivity index (χ0) is 22.9. The van der Waals surface area contributed by atoms with E-state index in [0.29, 0.717) is 29.7 Å². The average molecular weight is 440 g/mol. The maximum absolute atomic E-state index is 12.8. The third kappa shape index (κ3) is 3.94. The Balaban J connectivity index is 1.69. The van der Waals surface area contributed by atoms with E-state index in [1.807, 2.05) is 0 Å². The predicted octanol–water partition coefficient (Wildman–Crippen LogP) is 2.24. The molecule has 2 aliphatic heterocycles. The van der Waals surface area contributed by atoms with E-state index in [9.17, 15) is 19.5 Å². The second-order valence-corrected chi connectivity index (χ2v) is 7.57. The molecule has 10 heteroatoms. The minimum Gasteiger partial charge on any atom is -0.489 e. The number of fused-ring (bicyclic) bond motifs is 2. The number of nitrogens with two attached hydrogens (primary N) is 1. The van der Waals surface area contributed by atoms with Crippen LogP contribution in [-0.2, 0) is 20.8 Å². The second-order valence-electron chi connectivity index (χ2n) is 7.57. The number of aryl methyl sites for hydroxylation is 1. The lowest BCUT2D eigenvalue weighted by Gasteiger charge is -2.20. The fourth-order valence-corrected chi connectivity index (χ4v) is 3.73. The number of aliphatic carboxylic acids is 2. The molecule has 0 spiro atoms. The van der Waals surface area contributed by atoms with Crippen LogP contribution in [0.4, 0.5) is 5.69 Å². The van der Waals surface area contributed by atoms with Gasteiger partial charge in [0.15, 0.2) is 11.5 Å². The SMILES string of the molecule is Nc1ccc2c(c1)CCCOc1c(cccc1C1=NOC(CC(=O)O)(C(=O)O)C1)OC2=O. The van der Waals surface area contributed by atoms with E-state index in [-0.39, 0.29) is 30.2 Å². The fraction of sp³-hybridized carbons (Fsp3) is 0.273. The quantitative estimate of drug-likeness (QED) is 0.368. The van der Waals surface area contributed by atoms with Gasteiger partial charge >= 0.3 is 17.9 Å². The van der Waals surface area contributed by atoms with Gasteiger partial charge in [-0.15, -0.1) is 0 Å². The van der Waals surface area contributed by atoms with Crippen LogP contribution in [0.5, 0.6) is 11.5 Å².